The zero-order valence-electron chi connectivity index (χ0n) is 11.8. The van der Waals surface area contributed by atoms with Crippen LogP contribution >= 0.6 is 11.8 Å². The van der Waals surface area contributed by atoms with E-state index in [4.69, 9.17) is 0 Å². The molecule has 0 heterocycles. The second kappa shape index (κ2) is 6.90. The minimum Gasteiger partial charge on any atom is -0.211 e. The number of isocyanates is 1. The van der Waals surface area contributed by atoms with E-state index in [1.54, 1.807) is 17.8 Å². The van der Waals surface area contributed by atoms with Gasteiger partial charge in [-0.2, -0.15) is 4.99 Å². The van der Waals surface area contributed by atoms with Gasteiger partial charge in [0.1, 0.15) is 0 Å². The molecule has 0 saturated carbocycles. The lowest BCUT2D eigenvalue weighted by Crippen LogP contribution is -1.83. The molecule has 0 atom stereocenters. The molecule has 0 amide bonds. The van der Waals surface area contributed by atoms with Gasteiger partial charge in [0.2, 0.25) is 6.08 Å². The van der Waals surface area contributed by atoms with Gasteiger partial charge in [0, 0.05) is 15.4 Å². The van der Waals surface area contributed by atoms with Crippen LogP contribution < -0.4 is 0 Å². The predicted molar refractivity (Wildman–Crippen MR) is 90.2 cm³/mol. The fraction of sp³-hybridized carbons (Fsp3) is 0. The molecule has 0 aliphatic carbocycles. The molecule has 0 aliphatic rings. The Morgan fingerprint density at radius 3 is 2.14 bits per heavy atom. The monoisotopic (exact) mass is 303 g/mol. The maximum atomic E-state index is 10.6. The first kappa shape index (κ1) is 14.3. The second-order valence-electron chi connectivity index (χ2n) is 4.63. The van der Waals surface area contributed by atoms with Crippen molar-refractivity contribution in [2.75, 3.05) is 0 Å². The fourth-order valence-electron chi connectivity index (χ4n) is 2.24. The van der Waals surface area contributed by atoms with E-state index in [1.165, 1.54) is 4.90 Å². The molecule has 0 spiro atoms. The van der Waals surface area contributed by atoms with Gasteiger partial charge in [-0.05, 0) is 29.8 Å². The molecular weight excluding hydrogens is 290 g/mol. The summed E-state index contributed by atoms with van der Waals surface area (Å²) in [6, 6.07) is 26.0. The van der Waals surface area contributed by atoms with Crippen molar-refractivity contribution in [1.29, 1.82) is 0 Å². The smallest absolute Gasteiger partial charge is 0.211 e. The molecule has 22 heavy (non-hydrogen) atoms. The maximum absolute atomic E-state index is 10.6. The SMILES string of the molecule is O=C=Nc1ccccc1-c1ccccc1Sc1ccccc1. The third kappa shape index (κ3) is 3.17. The molecule has 0 radical (unpaired) electrons. The topological polar surface area (TPSA) is 29.4 Å². The Hall–Kier alpha value is -2.61. The summed E-state index contributed by atoms with van der Waals surface area (Å²) in [5.41, 5.74) is 2.63. The Labute approximate surface area is 133 Å². The maximum Gasteiger partial charge on any atom is 0.240 e. The number of hydrogen-bond donors (Lipinski definition) is 0. The molecule has 0 saturated heterocycles. The largest absolute Gasteiger partial charge is 0.240 e. The van der Waals surface area contributed by atoms with Gasteiger partial charge in [-0.25, -0.2) is 4.79 Å². The summed E-state index contributed by atoms with van der Waals surface area (Å²) >= 11 is 1.70. The Kier molecular flexibility index (Phi) is 4.50. The molecule has 2 nitrogen and oxygen atoms in total. The van der Waals surface area contributed by atoms with Gasteiger partial charge in [-0.15, -0.1) is 0 Å². The molecule has 3 aromatic carbocycles. The zero-order chi connectivity index (χ0) is 15.2. The van der Waals surface area contributed by atoms with E-state index in [9.17, 15) is 4.79 Å². The van der Waals surface area contributed by atoms with Crippen LogP contribution in [-0.2, 0) is 4.79 Å². The quantitative estimate of drug-likeness (QED) is 0.472. The number of carbonyl (C=O) groups excluding carboxylic acids is 1. The van der Waals surface area contributed by atoms with Crippen molar-refractivity contribution < 1.29 is 4.79 Å². The van der Waals surface area contributed by atoms with E-state index < -0.39 is 0 Å². The van der Waals surface area contributed by atoms with E-state index in [0.29, 0.717) is 5.69 Å². The number of hydrogen-bond acceptors (Lipinski definition) is 3. The number of para-hydroxylation sites is 1. The van der Waals surface area contributed by atoms with Crippen molar-refractivity contribution in [2.24, 2.45) is 4.99 Å². The predicted octanol–water partition coefficient (Wildman–Crippen LogP) is 5.47. The van der Waals surface area contributed by atoms with Crippen LogP contribution in [0.2, 0.25) is 0 Å². The highest BCUT2D eigenvalue weighted by molar-refractivity contribution is 7.99. The van der Waals surface area contributed by atoms with Crippen LogP contribution in [0.3, 0.4) is 0 Å². The Bertz CT molecular complexity index is 824. The van der Waals surface area contributed by atoms with E-state index >= 15 is 0 Å². The Balaban J connectivity index is 2.07. The molecule has 0 fully saturated rings. The van der Waals surface area contributed by atoms with E-state index in [-0.39, 0.29) is 0 Å². The van der Waals surface area contributed by atoms with Gasteiger partial charge < -0.3 is 0 Å². The lowest BCUT2D eigenvalue weighted by Gasteiger charge is -2.11. The van der Waals surface area contributed by atoms with Gasteiger partial charge >= 0.3 is 0 Å². The van der Waals surface area contributed by atoms with Gasteiger partial charge in [-0.1, -0.05) is 66.4 Å². The normalized spacial score (nSPS) is 10.0. The van der Waals surface area contributed by atoms with Gasteiger partial charge in [0.15, 0.2) is 0 Å². The van der Waals surface area contributed by atoms with Crippen molar-refractivity contribution >= 4 is 23.5 Å². The number of nitrogens with zero attached hydrogens (tertiary/aromatic N) is 1. The van der Waals surface area contributed by atoms with Crippen LogP contribution in [0.5, 0.6) is 0 Å². The molecule has 0 aliphatic heterocycles. The average Bonchev–Trinajstić information content (AvgIpc) is 2.57. The lowest BCUT2D eigenvalue weighted by atomic mass is 10.0. The summed E-state index contributed by atoms with van der Waals surface area (Å²) in [4.78, 5) is 16.8. The average molecular weight is 303 g/mol. The summed E-state index contributed by atoms with van der Waals surface area (Å²) < 4.78 is 0. The molecule has 3 rings (SSSR count). The Morgan fingerprint density at radius 1 is 0.727 bits per heavy atom. The zero-order valence-corrected chi connectivity index (χ0v) is 12.6. The van der Waals surface area contributed by atoms with Gasteiger partial charge in [-0.3, -0.25) is 0 Å². The summed E-state index contributed by atoms with van der Waals surface area (Å²) in [5, 5.41) is 0. The molecule has 0 aromatic heterocycles. The van der Waals surface area contributed by atoms with Crippen molar-refractivity contribution in [3.8, 4) is 11.1 Å². The third-order valence-corrected chi connectivity index (χ3v) is 4.30. The van der Waals surface area contributed by atoms with Crippen LogP contribution in [0, 0.1) is 0 Å². The minimum atomic E-state index is 0.638. The lowest BCUT2D eigenvalue weighted by molar-refractivity contribution is 0.565. The minimum absolute atomic E-state index is 0.638. The van der Waals surface area contributed by atoms with Crippen LogP contribution in [0.1, 0.15) is 0 Å². The fourth-order valence-corrected chi connectivity index (χ4v) is 3.22. The Morgan fingerprint density at radius 2 is 1.36 bits per heavy atom. The van der Waals surface area contributed by atoms with E-state index in [0.717, 1.165) is 16.0 Å². The summed E-state index contributed by atoms with van der Waals surface area (Å²) in [6.07, 6.45) is 1.63. The summed E-state index contributed by atoms with van der Waals surface area (Å²) in [6.45, 7) is 0. The van der Waals surface area contributed by atoms with Gasteiger partial charge in [0.05, 0.1) is 5.69 Å². The molecule has 106 valence electrons. The first-order valence-corrected chi connectivity index (χ1v) is 7.69. The van der Waals surface area contributed by atoms with Crippen molar-refractivity contribution in [3.05, 3.63) is 78.9 Å². The number of rotatable bonds is 4. The molecule has 0 unspecified atom stereocenters. The number of aliphatic imine (C=N–C) groups is 1. The van der Waals surface area contributed by atoms with Crippen molar-refractivity contribution in [1.82, 2.24) is 0 Å². The third-order valence-electron chi connectivity index (χ3n) is 3.22. The van der Waals surface area contributed by atoms with Gasteiger partial charge in [0.25, 0.3) is 0 Å². The highest BCUT2D eigenvalue weighted by atomic mass is 32.2. The molecule has 3 heteroatoms. The summed E-state index contributed by atoms with van der Waals surface area (Å²) in [7, 11) is 0. The standard InChI is InChI=1S/C19H13NOS/c21-14-20-18-12-6-4-10-16(18)17-11-5-7-13-19(17)22-15-8-2-1-3-9-15/h1-13H. The first-order chi connectivity index (χ1) is 10.9. The van der Waals surface area contributed by atoms with Crippen LogP contribution in [-0.4, -0.2) is 6.08 Å². The highest BCUT2D eigenvalue weighted by Gasteiger charge is 2.09. The van der Waals surface area contributed by atoms with Crippen LogP contribution in [0.25, 0.3) is 11.1 Å². The highest BCUT2D eigenvalue weighted by Crippen LogP contribution is 2.39. The molecule has 0 N–H and O–H groups in total. The first-order valence-electron chi connectivity index (χ1n) is 6.87. The van der Waals surface area contributed by atoms with Crippen molar-refractivity contribution in [3.63, 3.8) is 0 Å². The van der Waals surface area contributed by atoms with Crippen LogP contribution in [0.15, 0.2) is 93.6 Å². The van der Waals surface area contributed by atoms with E-state index in [2.05, 4.69) is 23.2 Å². The number of benzene rings is 3. The van der Waals surface area contributed by atoms with Crippen molar-refractivity contribution in [2.45, 2.75) is 9.79 Å². The van der Waals surface area contributed by atoms with E-state index in [1.807, 2.05) is 60.7 Å². The molecular formula is C19H13NOS. The second-order valence-corrected chi connectivity index (χ2v) is 5.75. The molecule has 3 aromatic rings. The summed E-state index contributed by atoms with van der Waals surface area (Å²) in [5.74, 6) is 0. The molecule has 0 bridgehead atoms. The van der Waals surface area contributed by atoms with Crippen LogP contribution in [0.4, 0.5) is 5.69 Å².